The second kappa shape index (κ2) is 32.3. The van der Waals surface area contributed by atoms with Crippen molar-refractivity contribution in [3.05, 3.63) is 434 Å². The quantitative estimate of drug-likeness (QED) is 0.0852. The molecule has 17 aromatic rings. The minimum Gasteiger partial charge on any atom is -0.256 e. The minimum absolute atomic E-state index is 0.264. The first-order chi connectivity index (χ1) is 56.5. The molecule has 4 atom stereocenters. The van der Waals surface area contributed by atoms with E-state index in [0.717, 1.165) is 100 Å². The van der Waals surface area contributed by atoms with Gasteiger partial charge >= 0.3 is 0 Å². The summed E-state index contributed by atoms with van der Waals surface area (Å²) in [6, 6.07) is 136. The fourth-order valence-corrected chi connectivity index (χ4v) is 18.6. The molecular weight excluding hydrogens is 1380 g/mol. The smallest absolute Gasteiger partial charge is 0.159 e. The SMILES string of the molecule is c1ccc(-c2ccc(-c3ccccc3C3CC(c4ccccc4-c4ccc(-c5ccccn5)cc4)CC(c4ccccc4-c4ccc(-c5ccnc(-c6ccc(-c7ccccc7C7CC(c8ccccc8-c8ccc(-c9ccccn9)cc8)CC(c8ccccc8-c8ccc(-c9ccccn9)cc8)C7)cc6)n5)cc4)C3)cc2)nc1. The summed E-state index contributed by atoms with van der Waals surface area (Å²) in [6.45, 7) is 0. The lowest BCUT2D eigenvalue weighted by Crippen LogP contribution is -2.21. The van der Waals surface area contributed by atoms with E-state index in [1.54, 1.807) is 0 Å². The topological polar surface area (TPSA) is 77.3 Å². The van der Waals surface area contributed by atoms with E-state index < -0.39 is 0 Å². The summed E-state index contributed by atoms with van der Waals surface area (Å²) in [5.74, 6) is 2.36. The third-order valence-corrected chi connectivity index (χ3v) is 24.0. The van der Waals surface area contributed by atoms with Crippen LogP contribution in [0, 0.1) is 0 Å². The van der Waals surface area contributed by atoms with Crippen LogP contribution in [0.5, 0.6) is 0 Å². The molecule has 114 heavy (non-hydrogen) atoms. The fraction of sp³-hybridized carbons (Fsp3) is 0.111. The number of aromatic nitrogens is 6. The van der Waals surface area contributed by atoms with E-state index in [9.17, 15) is 0 Å². The van der Waals surface area contributed by atoms with Crippen molar-refractivity contribution in [2.45, 2.75) is 74.0 Å². The van der Waals surface area contributed by atoms with E-state index in [-0.39, 0.29) is 35.5 Å². The molecule has 0 amide bonds. The number of hydrogen-bond acceptors (Lipinski definition) is 6. The molecule has 2 aliphatic rings. The van der Waals surface area contributed by atoms with Crippen LogP contribution in [0.25, 0.3) is 134 Å². The van der Waals surface area contributed by atoms with Gasteiger partial charge in [-0.05, 0) is 229 Å². The van der Waals surface area contributed by atoms with Crippen LogP contribution >= 0.6 is 0 Å². The van der Waals surface area contributed by atoms with E-state index in [4.69, 9.17) is 9.97 Å². The minimum atomic E-state index is 0.264. The molecule has 2 fully saturated rings. The molecule has 0 saturated heterocycles. The predicted molar refractivity (Wildman–Crippen MR) is 468 cm³/mol. The Hall–Kier alpha value is -13.7. The van der Waals surface area contributed by atoms with Gasteiger partial charge in [-0.2, -0.15) is 0 Å². The fourth-order valence-electron chi connectivity index (χ4n) is 18.6. The molecule has 0 radical (unpaired) electrons. The summed E-state index contributed by atoms with van der Waals surface area (Å²) in [6.07, 6.45) is 15.5. The number of hydrogen-bond donors (Lipinski definition) is 0. The summed E-state index contributed by atoms with van der Waals surface area (Å²) in [5.41, 5.74) is 34.6. The number of rotatable bonds is 18. The molecule has 5 heterocycles. The normalized spacial score (nSPS) is 16.7. The maximum atomic E-state index is 5.31. The summed E-state index contributed by atoms with van der Waals surface area (Å²) in [5, 5.41) is 0. The third kappa shape index (κ3) is 14.9. The maximum Gasteiger partial charge on any atom is 0.159 e. The molecule has 12 aromatic carbocycles. The largest absolute Gasteiger partial charge is 0.256 e. The van der Waals surface area contributed by atoms with Crippen LogP contribution in [0.2, 0.25) is 0 Å². The molecule has 0 bridgehead atoms. The Kier molecular flexibility index (Phi) is 20.0. The third-order valence-electron chi connectivity index (χ3n) is 24.0. The second-order valence-electron chi connectivity index (χ2n) is 30.7. The molecule has 19 rings (SSSR count). The number of pyridine rings is 4. The van der Waals surface area contributed by atoms with Gasteiger partial charge in [-0.15, -0.1) is 0 Å². The average molecular weight is 1470 g/mol. The molecule has 6 heteroatoms. The molecule has 6 nitrogen and oxygen atoms in total. The van der Waals surface area contributed by atoms with Gasteiger partial charge in [0.1, 0.15) is 0 Å². The summed E-state index contributed by atoms with van der Waals surface area (Å²) in [7, 11) is 0. The van der Waals surface area contributed by atoms with Gasteiger partial charge < -0.3 is 0 Å². The van der Waals surface area contributed by atoms with Crippen LogP contribution in [0.1, 0.15) is 107 Å². The van der Waals surface area contributed by atoms with Crippen LogP contribution in [0.4, 0.5) is 0 Å². The molecule has 2 aliphatic carbocycles. The van der Waals surface area contributed by atoms with E-state index in [2.05, 4.69) is 360 Å². The van der Waals surface area contributed by atoms with E-state index >= 15 is 0 Å². The van der Waals surface area contributed by atoms with Crippen molar-refractivity contribution in [3.8, 4) is 134 Å². The van der Waals surface area contributed by atoms with Gasteiger partial charge in [-0.3, -0.25) is 19.9 Å². The number of nitrogens with zero attached hydrogens (tertiary/aromatic N) is 6. The number of benzene rings is 12. The lowest BCUT2D eigenvalue weighted by Gasteiger charge is -2.38. The average Bonchev–Trinajstić information content (AvgIpc) is 0.764. The van der Waals surface area contributed by atoms with Crippen molar-refractivity contribution in [2.24, 2.45) is 0 Å². The van der Waals surface area contributed by atoms with E-state index in [0.29, 0.717) is 5.82 Å². The maximum absolute atomic E-state index is 5.31. The molecule has 2 saturated carbocycles. The molecular formula is C108H84N6. The first-order valence-corrected chi connectivity index (χ1v) is 40.2. The van der Waals surface area contributed by atoms with Gasteiger partial charge in [0.15, 0.2) is 5.82 Å². The Morgan fingerprint density at radius 3 is 0.561 bits per heavy atom. The highest BCUT2D eigenvalue weighted by Crippen LogP contribution is 2.55. The highest BCUT2D eigenvalue weighted by atomic mass is 14.9. The summed E-state index contributed by atoms with van der Waals surface area (Å²) >= 11 is 0. The molecule has 0 spiro atoms. The highest BCUT2D eigenvalue weighted by molar-refractivity contribution is 5.79. The zero-order chi connectivity index (χ0) is 75.9. The van der Waals surface area contributed by atoms with Crippen LogP contribution in [-0.2, 0) is 0 Å². The van der Waals surface area contributed by atoms with Crippen molar-refractivity contribution in [3.63, 3.8) is 0 Å². The van der Waals surface area contributed by atoms with Gasteiger partial charge in [0.25, 0.3) is 0 Å². The van der Waals surface area contributed by atoms with Crippen molar-refractivity contribution in [1.82, 2.24) is 29.9 Å². The Bertz CT molecular complexity index is 5510. The zero-order valence-corrected chi connectivity index (χ0v) is 63.5. The van der Waals surface area contributed by atoms with Gasteiger partial charge in [0.2, 0.25) is 0 Å². The summed E-state index contributed by atoms with van der Waals surface area (Å²) < 4.78 is 0. The first-order valence-electron chi connectivity index (χ1n) is 40.2. The lowest BCUT2D eigenvalue weighted by molar-refractivity contribution is 0.353. The van der Waals surface area contributed by atoms with Crippen molar-refractivity contribution in [2.75, 3.05) is 0 Å². The standard InChI is InChI=1S/C108H84N6/c1-7-27-97(91(21-1)73-37-49-79(50-38-73)103-33-13-17-62-109-103)85-67-86(98-28-8-2-22-92(98)74-39-51-80(52-40-74)104-34-14-18-63-110-104)70-89(69-85)101-31-11-5-25-95(101)77-45-57-83(58-46-77)107-61-66-113-108(114-107)84-59-47-78(48-60-84)96-26-6-12-32-102(96)90-71-87(99-29-9-3-23-93(99)75-41-53-81(54-42-75)105-35-15-19-64-111-105)68-88(72-90)100-30-10-4-24-94(100)76-43-55-82(56-44-76)106-36-16-20-65-112-106/h1-66,85-90H,67-72H2. The van der Waals surface area contributed by atoms with Gasteiger partial charge in [-0.25, -0.2) is 9.97 Å². The first kappa shape index (κ1) is 70.7. The molecule has 5 aromatic heterocycles. The van der Waals surface area contributed by atoms with Crippen molar-refractivity contribution >= 4 is 0 Å². The van der Waals surface area contributed by atoms with Crippen molar-refractivity contribution in [1.29, 1.82) is 0 Å². The van der Waals surface area contributed by atoms with Gasteiger partial charge in [0.05, 0.1) is 28.5 Å². The Labute approximate surface area is 668 Å². The Morgan fingerprint density at radius 2 is 0.342 bits per heavy atom. The van der Waals surface area contributed by atoms with Crippen molar-refractivity contribution < 1.29 is 0 Å². The predicted octanol–water partition coefficient (Wildman–Crippen LogP) is 27.7. The van der Waals surface area contributed by atoms with Gasteiger partial charge in [-0.1, -0.05) is 315 Å². The summed E-state index contributed by atoms with van der Waals surface area (Å²) in [4.78, 5) is 28.9. The van der Waals surface area contributed by atoms with Crippen LogP contribution in [-0.4, -0.2) is 29.9 Å². The highest BCUT2D eigenvalue weighted by Gasteiger charge is 2.37. The molecule has 0 N–H and O–H groups in total. The van der Waals surface area contributed by atoms with E-state index in [1.807, 2.05) is 61.3 Å². The molecule has 4 unspecified atom stereocenters. The lowest BCUT2D eigenvalue weighted by atomic mass is 9.66. The Morgan fingerprint density at radius 1 is 0.149 bits per heavy atom. The van der Waals surface area contributed by atoms with E-state index in [1.165, 1.54) is 100 Å². The van der Waals surface area contributed by atoms with Crippen LogP contribution in [0.3, 0.4) is 0 Å². The second-order valence-corrected chi connectivity index (χ2v) is 30.7. The van der Waals surface area contributed by atoms with Gasteiger partial charge in [0, 0.05) is 64.4 Å². The van der Waals surface area contributed by atoms with Crippen LogP contribution in [0.15, 0.2) is 401 Å². The molecule has 0 aliphatic heterocycles. The Balaban J connectivity index is 0.608. The van der Waals surface area contributed by atoms with Crippen LogP contribution < -0.4 is 0 Å². The monoisotopic (exact) mass is 1460 g/mol. The molecule has 546 valence electrons. The zero-order valence-electron chi connectivity index (χ0n) is 63.5.